The summed E-state index contributed by atoms with van der Waals surface area (Å²) >= 11 is 1.37. The first kappa shape index (κ1) is 24.1. The Hall–Kier alpha value is -2.99. The highest BCUT2D eigenvalue weighted by atomic mass is 32.2. The smallest absolute Gasteiger partial charge is 0.343 e. The second kappa shape index (κ2) is 11.9. The molecule has 0 spiro atoms. The fourth-order valence-electron chi connectivity index (χ4n) is 4.29. The normalized spacial score (nSPS) is 14.0. The number of nitrogens with zero attached hydrogens (tertiary/aromatic N) is 2. The Balaban J connectivity index is 1.34. The molecule has 0 N–H and O–H groups in total. The second-order valence-corrected chi connectivity index (χ2v) is 9.62. The van der Waals surface area contributed by atoms with Crippen molar-refractivity contribution in [2.24, 2.45) is 5.92 Å². The number of carbonyl (C=O) groups excluding carboxylic acids is 2. The number of hydrogen-bond acceptors (Lipinski definition) is 6. The first-order valence-corrected chi connectivity index (χ1v) is 13.0. The average Bonchev–Trinajstić information content (AvgIpc) is 2.89. The molecule has 4 rings (SSSR count). The van der Waals surface area contributed by atoms with Crippen LogP contribution in [0.2, 0.25) is 0 Å². The van der Waals surface area contributed by atoms with Gasteiger partial charge in [-0.05, 0) is 60.7 Å². The molecule has 0 radical (unpaired) electrons. The molecular weight excluding hydrogens is 444 g/mol. The number of carbonyl (C=O) groups is 2. The summed E-state index contributed by atoms with van der Waals surface area (Å²) in [5, 5.41) is 0.657. The number of aryl methyl sites for hydroxylation is 1. The first-order chi connectivity index (χ1) is 16.6. The quantitative estimate of drug-likeness (QED) is 0.118. The van der Waals surface area contributed by atoms with Gasteiger partial charge in [0, 0.05) is 17.5 Å². The minimum absolute atomic E-state index is 0.0112. The minimum Gasteiger partial charge on any atom is -0.423 e. The van der Waals surface area contributed by atoms with Gasteiger partial charge in [0.2, 0.25) is 0 Å². The van der Waals surface area contributed by atoms with E-state index in [4.69, 9.17) is 9.72 Å². The summed E-state index contributed by atoms with van der Waals surface area (Å²) in [6.07, 6.45) is 10.4. The average molecular weight is 475 g/mol. The van der Waals surface area contributed by atoms with Crippen molar-refractivity contribution >= 4 is 23.5 Å². The fourth-order valence-corrected chi connectivity index (χ4v) is 5.02. The number of rotatable bonds is 9. The highest BCUT2D eigenvalue weighted by Gasteiger charge is 2.18. The lowest BCUT2D eigenvalue weighted by Gasteiger charge is -2.22. The van der Waals surface area contributed by atoms with E-state index in [0.29, 0.717) is 28.0 Å². The van der Waals surface area contributed by atoms with E-state index in [0.717, 1.165) is 18.5 Å². The van der Waals surface area contributed by atoms with Crippen molar-refractivity contribution in [2.75, 3.05) is 5.75 Å². The van der Waals surface area contributed by atoms with Crippen LogP contribution in [0.3, 0.4) is 0 Å². The van der Waals surface area contributed by atoms with E-state index < -0.39 is 5.97 Å². The maximum absolute atomic E-state index is 12.7. The number of ether oxygens (including phenoxy) is 1. The number of thioether (sulfide) groups is 1. The summed E-state index contributed by atoms with van der Waals surface area (Å²) in [5.74, 6) is 0.944. The number of benzene rings is 2. The van der Waals surface area contributed by atoms with Crippen molar-refractivity contribution < 1.29 is 14.3 Å². The zero-order valence-electron chi connectivity index (χ0n) is 19.5. The lowest BCUT2D eigenvalue weighted by atomic mass is 9.85. The van der Waals surface area contributed by atoms with Gasteiger partial charge in [-0.2, -0.15) is 0 Å². The van der Waals surface area contributed by atoms with Crippen molar-refractivity contribution in [1.82, 2.24) is 9.97 Å². The van der Waals surface area contributed by atoms with Gasteiger partial charge in [0.15, 0.2) is 10.9 Å². The minimum atomic E-state index is -0.424. The van der Waals surface area contributed by atoms with Crippen LogP contribution in [-0.4, -0.2) is 27.5 Å². The topological polar surface area (TPSA) is 69.2 Å². The van der Waals surface area contributed by atoms with E-state index >= 15 is 0 Å². The Bertz CT molecular complexity index is 1110. The van der Waals surface area contributed by atoms with Gasteiger partial charge in [-0.1, -0.05) is 69.0 Å². The molecule has 5 nitrogen and oxygen atoms in total. The van der Waals surface area contributed by atoms with Gasteiger partial charge in [-0.3, -0.25) is 4.79 Å². The zero-order valence-corrected chi connectivity index (χ0v) is 20.4. The number of Topliss-reactive ketones (excluding diaryl/α,β-unsaturated/α-hetero) is 1. The zero-order chi connectivity index (χ0) is 23.8. The monoisotopic (exact) mass is 474 g/mol. The Labute approximate surface area is 205 Å². The first-order valence-electron chi connectivity index (χ1n) is 12.0. The van der Waals surface area contributed by atoms with Gasteiger partial charge in [-0.25, -0.2) is 14.8 Å². The summed E-state index contributed by atoms with van der Waals surface area (Å²) in [6, 6.07) is 15.5. The van der Waals surface area contributed by atoms with Crippen molar-refractivity contribution in [3.63, 3.8) is 0 Å². The molecule has 0 aliphatic heterocycles. The van der Waals surface area contributed by atoms with E-state index in [2.05, 4.69) is 11.9 Å². The van der Waals surface area contributed by atoms with E-state index in [1.165, 1.54) is 49.4 Å². The SMILES string of the molecule is CCc1cnc(SCC(=O)c2ccc(OC(=O)c3ccccc3)cc2)nc1CC1CCCCC1. The molecule has 0 atom stereocenters. The van der Waals surface area contributed by atoms with Crippen LogP contribution in [-0.2, 0) is 12.8 Å². The Morgan fingerprint density at radius 1 is 0.971 bits per heavy atom. The largest absolute Gasteiger partial charge is 0.423 e. The van der Waals surface area contributed by atoms with E-state index in [-0.39, 0.29) is 11.5 Å². The second-order valence-electron chi connectivity index (χ2n) is 8.68. The van der Waals surface area contributed by atoms with Crippen molar-refractivity contribution in [3.05, 3.63) is 83.2 Å². The van der Waals surface area contributed by atoms with E-state index in [1.807, 2.05) is 12.3 Å². The van der Waals surface area contributed by atoms with Crippen LogP contribution < -0.4 is 4.74 Å². The molecule has 1 fully saturated rings. The van der Waals surface area contributed by atoms with Crippen LogP contribution >= 0.6 is 11.8 Å². The number of esters is 1. The van der Waals surface area contributed by atoms with Gasteiger partial charge < -0.3 is 4.74 Å². The van der Waals surface area contributed by atoms with Crippen LogP contribution in [0.5, 0.6) is 5.75 Å². The predicted octanol–water partition coefficient (Wildman–Crippen LogP) is 6.36. The molecule has 1 aliphatic rings. The molecule has 1 saturated carbocycles. The van der Waals surface area contributed by atoms with Crippen LogP contribution in [0.4, 0.5) is 0 Å². The van der Waals surface area contributed by atoms with Gasteiger partial charge in [0.05, 0.1) is 11.3 Å². The predicted molar refractivity (Wildman–Crippen MR) is 135 cm³/mol. The van der Waals surface area contributed by atoms with Crippen molar-refractivity contribution in [2.45, 2.75) is 57.0 Å². The molecule has 0 bridgehead atoms. The molecule has 1 heterocycles. The van der Waals surface area contributed by atoms with Gasteiger partial charge in [-0.15, -0.1) is 0 Å². The third-order valence-electron chi connectivity index (χ3n) is 6.25. The Kier molecular flexibility index (Phi) is 8.47. The number of ketones is 1. The molecule has 0 amide bonds. The summed E-state index contributed by atoms with van der Waals surface area (Å²) < 4.78 is 5.39. The Morgan fingerprint density at radius 3 is 2.41 bits per heavy atom. The van der Waals surface area contributed by atoms with Gasteiger partial charge >= 0.3 is 5.97 Å². The molecule has 6 heteroatoms. The van der Waals surface area contributed by atoms with Crippen molar-refractivity contribution in [3.8, 4) is 5.75 Å². The molecule has 1 aromatic heterocycles. The molecule has 2 aromatic carbocycles. The maximum Gasteiger partial charge on any atom is 0.343 e. The lowest BCUT2D eigenvalue weighted by molar-refractivity contribution is 0.0734. The van der Waals surface area contributed by atoms with Crippen LogP contribution in [0.15, 0.2) is 66.0 Å². The summed E-state index contributed by atoms with van der Waals surface area (Å²) in [4.78, 5) is 34.2. The summed E-state index contributed by atoms with van der Waals surface area (Å²) in [7, 11) is 0. The molecule has 3 aromatic rings. The fraction of sp³-hybridized carbons (Fsp3) is 0.357. The number of hydrogen-bond donors (Lipinski definition) is 0. The molecule has 34 heavy (non-hydrogen) atoms. The Morgan fingerprint density at radius 2 is 1.71 bits per heavy atom. The molecule has 176 valence electrons. The molecule has 0 unspecified atom stereocenters. The van der Waals surface area contributed by atoms with Crippen LogP contribution in [0.1, 0.15) is 71.0 Å². The van der Waals surface area contributed by atoms with E-state index in [1.54, 1.807) is 48.5 Å². The third kappa shape index (κ3) is 6.54. The highest BCUT2D eigenvalue weighted by Crippen LogP contribution is 2.28. The summed E-state index contributed by atoms with van der Waals surface area (Å²) in [5.41, 5.74) is 3.40. The standard InChI is InChI=1S/C28H30N2O3S/c1-2-21-18-29-28(30-25(21)17-20-9-5-3-6-10-20)34-19-26(31)22-13-15-24(16-14-22)33-27(32)23-11-7-4-8-12-23/h4,7-8,11-16,18,20H,2-3,5-6,9-10,17,19H2,1H3. The molecule has 0 saturated heterocycles. The van der Waals surface area contributed by atoms with Crippen molar-refractivity contribution in [1.29, 1.82) is 0 Å². The maximum atomic E-state index is 12.7. The number of aromatic nitrogens is 2. The van der Waals surface area contributed by atoms with Crippen LogP contribution in [0, 0.1) is 5.92 Å². The highest BCUT2D eigenvalue weighted by molar-refractivity contribution is 7.99. The summed E-state index contributed by atoms with van der Waals surface area (Å²) in [6.45, 7) is 2.14. The molecular formula is C28H30N2O3S. The lowest BCUT2D eigenvalue weighted by Crippen LogP contribution is -2.13. The molecule has 1 aliphatic carbocycles. The van der Waals surface area contributed by atoms with Gasteiger partial charge in [0.1, 0.15) is 5.75 Å². The van der Waals surface area contributed by atoms with E-state index in [9.17, 15) is 9.59 Å². The van der Waals surface area contributed by atoms with Gasteiger partial charge in [0.25, 0.3) is 0 Å². The van der Waals surface area contributed by atoms with Crippen LogP contribution in [0.25, 0.3) is 0 Å². The third-order valence-corrected chi connectivity index (χ3v) is 7.11.